The maximum atomic E-state index is 9.59. The van der Waals surface area contributed by atoms with Gasteiger partial charge in [0, 0.05) is 13.0 Å². The molecule has 5 atom stereocenters. The number of aliphatic hydroxyl groups is 1. The minimum atomic E-state index is -0.633. The molecule has 1 heterocycles. The van der Waals surface area contributed by atoms with Gasteiger partial charge in [-0.2, -0.15) is 0 Å². The predicted molar refractivity (Wildman–Crippen MR) is 50.2 cm³/mol. The molecule has 0 spiro atoms. The third kappa shape index (κ3) is 2.22. The molecule has 0 aromatic heterocycles. The summed E-state index contributed by atoms with van der Waals surface area (Å²) in [6.07, 6.45) is -0.599. The van der Waals surface area contributed by atoms with Gasteiger partial charge in [0.2, 0.25) is 0 Å². The van der Waals surface area contributed by atoms with Crippen molar-refractivity contribution in [3.63, 3.8) is 0 Å². The van der Waals surface area contributed by atoms with Gasteiger partial charge in [-0.15, -0.1) is 0 Å². The number of hydrogen-bond acceptors (Lipinski definition) is 3. The zero-order valence-corrected chi connectivity index (χ0v) is 8.86. The summed E-state index contributed by atoms with van der Waals surface area (Å²) >= 11 is 0. The zero-order chi connectivity index (χ0) is 10.0. The van der Waals surface area contributed by atoms with E-state index in [4.69, 9.17) is 9.47 Å². The van der Waals surface area contributed by atoms with Gasteiger partial charge >= 0.3 is 0 Å². The van der Waals surface area contributed by atoms with Crippen molar-refractivity contribution in [3.8, 4) is 0 Å². The smallest absolute Gasteiger partial charge is 0.157 e. The molecule has 0 aromatic carbocycles. The first-order valence-electron chi connectivity index (χ1n) is 4.90. The average molecular weight is 188 g/mol. The van der Waals surface area contributed by atoms with E-state index in [9.17, 15) is 5.11 Å². The minimum Gasteiger partial charge on any atom is -0.382 e. The normalized spacial score (nSPS) is 46.4. The average Bonchev–Trinajstić information content (AvgIpc) is 2.11. The molecule has 0 aliphatic carbocycles. The summed E-state index contributed by atoms with van der Waals surface area (Å²) in [5.41, 5.74) is 0. The lowest BCUT2D eigenvalue weighted by Crippen LogP contribution is -2.46. The van der Waals surface area contributed by atoms with E-state index in [0.717, 1.165) is 0 Å². The van der Waals surface area contributed by atoms with Crippen molar-refractivity contribution in [2.45, 2.75) is 33.2 Å². The molecule has 78 valence electrons. The van der Waals surface area contributed by atoms with E-state index in [-0.39, 0.29) is 12.0 Å². The van der Waals surface area contributed by atoms with Gasteiger partial charge in [0.05, 0.1) is 12.7 Å². The third-order valence-corrected chi connectivity index (χ3v) is 3.34. The summed E-state index contributed by atoms with van der Waals surface area (Å²) in [6.45, 7) is 6.89. The molecule has 1 saturated heterocycles. The van der Waals surface area contributed by atoms with E-state index in [2.05, 4.69) is 13.8 Å². The standard InChI is InChI=1S/C10H20O3/c1-6-7(2)9(5-12-4)13-10(11)8(6)3/h6-11H,5H2,1-4H3/t6-,7+,8?,9?,10?/m0/s1. The van der Waals surface area contributed by atoms with Crippen molar-refractivity contribution in [1.29, 1.82) is 0 Å². The van der Waals surface area contributed by atoms with Crippen LogP contribution in [0.2, 0.25) is 0 Å². The van der Waals surface area contributed by atoms with Crippen LogP contribution in [-0.4, -0.2) is 31.2 Å². The Balaban J connectivity index is 2.59. The molecular formula is C10H20O3. The van der Waals surface area contributed by atoms with E-state index in [1.54, 1.807) is 7.11 Å². The zero-order valence-electron chi connectivity index (χ0n) is 8.86. The second kappa shape index (κ2) is 4.40. The highest BCUT2D eigenvalue weighted by atomic mass is 16.6. The topological polar surface area (TPSA) is 38.7 Å². The monoisotopic (exact) mass is 188 g/mol. The van der Waals surface area contributed by atoms with Crippen molar-refractivity contribution in [2.75, 3.05) is 13.7 Å². The molecule has 3 heteroatoms. The molecule has 0 amide bonds. The highest BCUT2D eigenvalue weighted by Crippen LogP contribution is 2.33. The van der Waals surface area contributed by atoms with Crippen LogP contribution < -0.4 is 0 Å². The Morgan fingerprint density at radius 2 is 1.77 bits per heavy atom. The van der Waals surface area contributed by atoms with Crippen LogP contribution in [-0.2, 0) is 9.47 Å². The van der Waals surface area contributed by atoms with Crippen molar-refractivity contribution < 1.29 is 14.6 Å². The van der Waals surface area contributed by atoms with Crippen molar-refractivity contribution in [1.82, 2.24) is 0 Å². The first-order chi connectivity index (χ1) is 6.07. The van der Waals surface area contributed by atoms with Gasteiger partial charge in [-0.25, -0.2) is 0 Å². The largest absolute Gasteiger partial charge is 0.382 e. The quantitative estimate of drug-likeness (QED) is 0.709. The predicted octanol–water partition coefficient (Wildman–Crippen LogP) is 1.26. The highest BCUT2D eigenvalue weighted by molar-refractivity contribution is 4.81. The summed E-state index contributed by atoms with van der Waals surface area (Å²) in [4.78, 5) is 0. The number of hydrogen-bond donors (Lipinski definition) is 1. The fourth-order valence-corrected chi connectivity index (χ4v) is 1.86. The van der Waals surface area contributed by atoms with Crippen molar-refractivity contribution >= 4 is 0 Å². The number of methoxy groups -OCH3 is 1. The molecule has 3 nitrogen and oxygen atoms in total. The van der Waals surface area contributed by atoms with E-state index in [1.807, 2.05) is 6.92 Å². The molecule has 0 bridgehead atoms. The van der Waals surface area contributed by atoms with Gasteiger partial charge in [-0.05, 0) is 11.8 Å². The fourth-order valence-electron chi connectivity index (χ4n) is 1.86. The van der Waals surface area contributed by atoms with Crippen LogP contribution >= 0.6 is 0 Å². The molecule has 1 fully saturated rings. The van der Waals surface area contributed by atoms with Crippen LogP contribution in [0.4, 0.5) is 0 Å². The number of aliphatic hydroxyl groups excluding tert-OH is 1. The molecule has 13 heavy (non-hydrogen) atoms. The maximum Gasteiger partial charge on any atom is 0.157 e. The van der Waals surface area contributed by atoms with E-state index in [1.165, 1.54) is 0 Å². The molecule has 0 radical (unpaired) electrons. The third-order valence-electron chi connectivity index (χ3n) is 3.34. The van der Waals surface area contributed by atoms with E-state index >= 15 is 0 Å². The van der Waals surface area contributed by atoms with Crippen LogP contribution in [0.25, 0.3) is 0 Å². The molecule has 0 saturated carbocycles. The number of ether oxygens (including phenoxy) is 2. The van der Waals surface area contributed by atoms with Gasteiger partial charge in [-0.3, -0.25) is 0 Å². The Morgan fingerprint density at radius 3 is 2.31 bits per heavy atom. The van der Waals surface area contributed by atoms with Crippen molar-refractivity contribution in [2.24, 2.45) is 17.8 Å². The Hall–Kier alpha value is -0.120. The SMILES string of the molecule is COCC1OC(O)C(C)[C@@H](C)[C@H]1C. The summed E-state index contributed by atoms with van der Waals surface area (Å²) < 4.78 is 10.5. The highest BCUT2D eigenvalue weighted by Gasteiger charge is 2.37. The van der Waals surface area contributed by atoms with Crippen LogP contribution in [0.15, 0.2) is 0 Å². The van der Waals surface area contributed by atoms with Crippen LogP contribution in [0.3, 0.4) is 0 Å². The van der Waals surface area contributed by atoms with Crippen molar-refractivity contribution in [3.05, 3.63) is 0 Å². The second-order valence-corrected chi connectivity index (χ2v) is 4.10. The molecule has 1 aliphatic heterocycles. The lowest BCUT2D eigenvalue weighted by atomic mass is 9.79. The van der Waals surface area contributed by atoms with E-state index < -0.39 is 6.29 Å². The van der Waals surface area contributed by atoms with Crippen LogP contribution in [0.1, 0.15) is 20.8 Å². The van der Waals surface area contributed by atoms with Gasteiger partial charge < -0.3 is 14.6 Å². The maximum absolute atomic E-state index is 9.59. The van der Waals surface area contributed by atoms with Crippen LogP contribution in [0, 0.1) is 17.8 Å². The molecule has 1 N–H and O–H groups in total. The summed E-state index contributed by atoms with van der Waals surface area (Å²) in [5.74, 6) is 1.13. The molecule has 1 aliphatic rings. The Kier molecular flexibility index (Phi) is 3.71. The van der Waals surface area contributed by atoms with Gasteiger partial charge in [0.25, 0.3) is 0 Å². The Bertz CT molecular complexity index is 160. The first-order valence-corrected chi connectivity index (χ1v) is 4.90. The second-order valence-electron chi connectivity index (χ2n) is 4.10. The molecule has 0 aromatic rings. The first kappa shape index (κ1) is 11.0. The molecule has 3 unspecified atom stereocenters. The van der Waals surface area contributed by atoms with Gasteiger partial charge in [-0.1, -0.05) is 20.8 Å². The van der Waals surface area contributed by atoms with Crippen LogP contribution in [0.5, 0.6) is 0 Å². The van der Waals surface area contributed by atoms with E-state index in [0.29, 0.717) is 18.4 Å². The fraction of sp³-hybridized carbons (Fsp3) is 1.00. The minimum absolute atomic E-state index is 0.0335. The number of rotatable bonds is 2. The Labute approximate surface area is 80.0 Å². The molecular weight excluding hydrogens is 168 g/mol. The summed E-state index contributed by atoms with van der Waals surface area (Å²) in [6, 6.07) is 0. The summed E-state index contributed by atoms with van der Waals surface area (Å²) in [7, 11) is 1.66. The lowest BCUT2D eigenvalue weighted by molar-refractivity contribution is -0.233. The van der Waals surface area contributed by atoms with Gasteiger partial charge in [0.15, 0.2) is 6.29 Å². The van der Waals surface area contributed by atoms with Gasteiger partial charge in [0.1, 0.15) is 0 Å². The Morgan fingerprint density at radius 1 is 1.15 bits per heavy atom. The lowest BCUT2D eigenvalue weighted by Gasteiger charge is -2.41. The summed E-state index contributed by atoms with van der Waals surface area (Å²) in [5, 5.41) is 9.59. The molecule has 1 rings (SSSR count).